The van der Waals surface area contributed by atoms with Gasteiger partial charge in [-0.2, -0.15) is 13.2 Å². The van der Waals surface area contributed by atoms with Crippen LogP contribution in [0.4, 0.5) is 13.2 Å². The number of hydrogen-bond donors (Lipinski definition) is 0. The van der Waals surface area contributed by atoms with Gasteiger partial charge in [0.05, 0.1) is 12.0 Å². The quantitative estimate of drug-likeness (QED) is 0.519. The number of carbonyl (C=O) groups excluding carboxylic acids is 1. The minimum atomic E-state index is -4.72. The summed E-state index contributed by atoms with van der Waals surface area (Å²) in [4.78, 5) is 14.2. The topological polar surface area (TPSA) is 52.5 Å². The molecule has 1 aromatic carbocycles. The average molecular weight is 311 g/mol. The Kier molecular flexibility index (Phi) is 8.19. The molecule has 3 nitrogen and oxygen atoms in total. The van der Waals surface area contributed by atoms with Crippen molar-refractivity contribution in [1.29, 1.82) is 0 Å². The van der Waals surface area contributed by atoms with Gasteiger partial charge < -0.3 is 9.90 Å². The van der Waals surface area contributed by atoms with Crippen molar-refractivity contribution in [2.75, 3.05) is 0 Å². The molecule has 0 spiro atoms. The van der Waals surface area contributed by atoms with Gasteiger partial charge in [-0.1, -0.05) is 44.2 Å². The molecule has 0 aliphatic rings. The maximum atomic E-state index is 12.9. The van der Waals surface area contributed by atoms with E-state index >= 15 is 0 Å². The molecule has 7 heteroatoms. The molecule has 104 valence electrons. The SMILES string of the molecule is CC(C)[C@H](N=C(c1ccccc1)C(F)(F)F)C(=O)[O-].[K+]. The summed E-state index contributed by atoms with van der Waals surface area (Å²) in [6.45, 7) is 2.95. The molecule has 20 heavy (non-hydrogen) atoms. The number of hydrogen-bond acceptors (Lipinski definition) is 3. The number of nitrogens with zero attached hydrogens (tertiary/aromatic N) is 1. The molecule has 1 rings (SSSR count). The molecule has 0 aromatic heterocycles. The standard InChI is InChI=1S/C13H14F3NO2.K/c1-8(2)10(12(18)19)17-11(13(14,15)16)9-6-4-3-5-7-9;/h3-8,10H,1-2H3,(H,18,19);/q;+1/p-1/t10-;/m0./s1. The number of aliphatic imine (C=N–C) groups is 1. The Labute approximate surface area is 157 Å². The number of benzene rings is 1. The van der Waals surface area contributed by atoms with Crippen molar-refractivity contribution >= 4 is 11.7 Å². The predicted octanol–water partition coefficient (Wildman–Crippen LogP) is -1.18. The largest absolute Gasteiger partial charge is 1.00 e. The van der Waals surface area contributed by atoms with Crippen LogP contribution in [0.1, 0.15) is 19.4 Å². The number of carboxylic acids is 1. The van der Waals surface area contributed by atoms with E-state index in [2.05, 4.69) is 4.99 Å². The van der Waals surface area contributed by atoms with Gasteiger partial charge in [0.25, 0.3) is 0 Å². The molecule has 0 aliphatic carbocycles. The van der Waals surface area contributed by atoms with Crippen LogP contribution in [0, 0.1) is 5.92 Å². The van der Waals surface area contributed by atoms with Gasteiger partial charge >= 0.3 is 57.6 Å². The molecule has 1 aromatic rings. The number of aliphatic carboxylic acids is 1. The summed E-state index contributed by atoms with van der Waals surface area (Å²) in [5, 5.41) is 10.8. The normalized spacial score (nSPS) is 13.8. The van der Waals surface area contributed by atoms with Crippen LogP contribution in [0.25, 0.3) is 0 Å². The summed E-state index contributed by atoms with van der Waals surface area (Å²) >= 11 is 0. The van der Waals surface area contributed by atoms with E-state index in [-0.39, 0.29) is 56.9 Å². The van der Waals surface area contributed by atoms with Gasteiger partial charge in [0, 0.05) is 5.56 Å². The smallest absolute Gasteiger partial charge is 0.548 e. The molecule has 0 aliphatic heterocycles. The fraction of sp³-hybridized carbons (Fsp3) is 0.385. The average Bonchev–Trinajstić information content (AvgIpc) is 2.28. The molecule has 1 atom stereocenters. The summed E-state index contributed by atoms with van der Waals surface area (Å²) in [6.07, 6.45) is -4.72. The molecule has 0 unspecified atom stereocenters. The van der Waals surface area contributed by atoms with Crippen LogP contribution in [0.2, 0.25) is 0 Å². The summed E-state index contributed by atoms with van der Waals surface area (Å²) in [5.74, 6) is -2.21. The van der Waals surface area contributed by atoms with Crippen LogP contribution in [0.5, 0.6) is 0 Å². The summed E-state index contributed by atoms with van der Waals surface area (Å²) in [6, 6.07) is 5.37. The van der Waals surface area contributed by atoms with Crippen LogP contribution in [0.15, 0.2) is 35.3 Å². The second-order valence-electron chi connectivity index (χ2n) is 4.35. The second-order valence-corrected chi connectivity index (χ2v) is 4.35. The molecule has 0 saturated heterocycles. The molecule has 0 radical (unpaired) electrons. The Morgan fingerprint density at radius 3 is 2.05 bits per heavy atom. The van der Waals surface area contributed by atoms with Crippen LogP contribution in [0.3, 0.4) is 0 Å². The Morgan fingerprint density at radius 2 is 1.70 bits per heavy atom. The Hall–Kier alpha value is -0.214. The van der Waals surface area contributed by atoms with Crippen LogP contribution in [-0.2, 0) is 4.79 Å². The van der Waals surface area contributed by atoms with Gasteiger partial charge in [-0.3, -0.25) is 4.99 Å². The van der Waals surface area contributed by atoms with E-state index in [0.29, 0.717) is 0 Å². The van der Waals surface area contributed by atoms with Crippen molar-refractivity contribution in [2.45, 2.75) is 26.1 Å². The third-order valence-electron chi connectivity index (χ3n) is 2.46. The van der Waals surface area contributed by atoms with Gasteiger partial charge in [0.2, 0.25) is 0 Å². The molecular formula is C13H13F3KNO2. The van der Waals surface area contributed by atoms with Gasteiger partial charge in [0.15, 0.2) is 0 Å². The van der Waals surface area contributed by atoms with Crippen LogP contribution >= 0.6 is 0 Å². The molecule has 0 bridgehead atoms. The third kappa shape index (κ3) is 5.65. The Morgan fingerprint density at radius 1 is 1.20 bits per heavy atom. The number of carbonyl (C=O) groups is 1. The van der Waals surface area contributed by atoms with Crippen LogP contribution < -0.4 is 56.5 Å². The van der Waals surface area contributed by atoms with E-state index in [1.54, 1.807) is 6.07 Å². The first-order valence-corrected chi connectivity index (χ1v) is 5.64. The molecule has 0 saturated carbocycles. The van der Waals surface area contributed by atoms with E-state index in [4.69, 9.17) is 0 Å². The Balaban J connectivity index is 0.00000361. The molecule has 0 N–H and O–H groups in total. The Bertz CT molecular complexity index is 472. The van der Waals surface area contributed by atoms with Gasteiger partial charge in [0.1, 0.15) is 5.71 Å². The molecular weight excluding hydrogens is 298 g/mol. The molecule has 0 amide bonds. The van der Waals surface area contributed by atoms with Crippen molar-refractivity contribution < 1.29 is 74.5 Å². The van der Waals surface area contributed by atoms with E-state index in [1.165, 1.54) is 38.1 Å². The zero-order valence-corrected chi connectivity index (χ0v) is 14.6. The zero-order valence-electron chi connectivity index (χ0n) is 11.4. The number of alkyl halides is 3. The number of halogens is 3. The zero-order chi connectivity index (χ0) is 14.6. The first-order chi connectivity index (χ1) is 8.73. The first-order valence-electron chi connectivity index (χ1n) is 5.64. The summed E-state index contributed by atoms with van der Waals surface area (Å²) < 4.78 is 38.8. The number of carboxylic acid groups (broad SMARTS) is 1. The van der Waals surface area contributed by atoms with Crippen molar-refractivity contribution in [1.82, 2.24) is 0 Å². The fourth-order valence-electron chi connectivity index (χ4n) is 1.52. The first kappa shape index (κ1) is 19.8. The maximum Gasteiger partial charge on any atom is 1.00 e. The summed E-state index contributed by atoms with van der Waals surface area (Å²) in [5.41, 5.74) is -1.36. The minimum Gasteiger partial charge on any atom is -0.548 e. The van der Waals surface area contributed by atoms with Gasteiger partial charge in [-0.15, -0.1) is 0 Å². The van der Waals surface area contributed by atoms with Crippen LogP contribution in [-0.4, -0.2) is 23.9 Å². The van der Waals surface area contributed by atoms with Crippen molar-refractivity contribution in [3.05, 3.63) is 35.9 Å². The van der Waals surface area contributed by atoms with E-state index in [9.17, 15) is 23.1 Å². The third-order valence-corrected chi connectivity index (χ3v) is 2.46. The minimum absolute atomic E-state index is 0. The predicted molar refractivity (Wildman–Crippen MR) is 62.7 cm³/mol. The van der Waals surface area contributed by atoms with E-state index < -0.39 is 29.8 Å². The van der Waals surface area contributed by atoms with Gasteiger partial charge in [-0.05, 0) is 5.92 Å². The van der Waals surface area contributed by atoms with E-state index in [1.807, 2.05) is 0 Å². The van der Waals surface area contributed by atoms with Crippen molar-refractivity contribution in [3.63, 3.8) is 0 Å². The maximum absolute atomic E-state index is 12.9. The molecule has 0 heterocycles. The number of rotatable bonds is 4. The summed E-state index contributed by atoms with van der Waals surface area (Å²) in [7, 11) is 0. The fourth-order valence-corrected chi connectivity index (χ4v) is 1.52. The monoisotopic (exact) mass is 311 g/mol. The van der Waals surface area contributed by atoms with Crippen molar-refractivity contribution in [3.8, 4) is 0 Å². The van der Waals surface area contributed by atoms with E-state index in [0.717, 1.165) is 0 Å². The second kappa shape index (κ2) is 8.28. The van der Waals surface area contributed by atoms with Gasteiger partial charge in [-0.25, -0.2) is 0 Å². The van der Waals surface area contributed by atoms with Crippen molar-refractivity contribution in [2.24, 2.45) is 10.9 Å². The molecule has 0 fully saturated rings.